The number of carboxylic acids is 1. The van der Waals surface area contributed by atoms with Crippen LogP contribution in [0.5, 0.6) is 0 Å². The van der Waals surface area contributed by atoms with E-state index in [2.05, 4.69) is 0 Å². The van der Waals surface area contributed by atoms with Crippen molar-refractivity contribution >= 4 is 23.7 Å². The summed E-state index contributed by atoms with van der Waals surface area (Å²) in [5.74, 6) is -1.94. The van der Waals surface area contributed by atoms with Gasteiger partial charge in [-0.05, 0) is 49.4 Å². The van der Waals surface area contributed by atoms with Crippen molar-refractivity contribution in [2.24, 2.45) is 0 Å². The van der Waals surface area contributed by atoms with E-state index in [1.165, 1.54) is 24.3 Å². The van der Waals surface area contributed by atoms with Gasteiger partial charge in [-0.2, -0.15) is 13.2 Å². The molecule has 0 radical (unpaired) electrons. The van der Waals surface area contributed by atoms with E-state index in [1.807, 2.05) is 0 Å². The molecule has 4 nitrogen and oxygen atoms in total. The van der Waals surface area contributed by atoms with Gasteiger partial charge in [0.05, 0.1) is 23.3 Å². The molecule has 0 aromatic heterocycles. The van der Waals surface area contributed by atoms with Gasteiger partial charge in [0.15, 0.2) is 0 Å². The van der Waals surface area contributed by atoms with Crippen LogP contribution < -0.4 is 0 Å². The molecule has 0 bridgehead atoms. The average Bonchev–Trinajstić information content (AvgIpc) is 2.55. The standard InChI is InChI=1S/C17H13F3O4S/c1-2-24-16(23)10-3-6-12(7-4-10)25-14-8-5-11(15(21)22)9-13(14)17(18,19)20/h3-9H,2H2,1H3,(H,21,22). The molecule has 0 unspecified atom stereocenters. The molecular formula is C17H13F3O4S. The number of aromatic carboxylic acids is 1. The third kappa shape index (κ3) is 4.76. The number of carbonyl (C=O) groups is 2. The second kappa shape index (κ2) is 7.60. The number of hydrogen-bond acceptors (Lipinski definition) is 4. The zero-order valence-electron chi connectivity index (χ0n) is 13.0. The van der Waals surface area contributed by atoms with Gasteiger partial charge in [0.1, 0.15) is 0 Å². The van der Waals surface area contributed by atoms with E-state index >= 15 is 0 Å². The van der Waals surface area contributed by atoms with Crippen LogP contribution in [0.2, 0.25) is 0 Å². The largest absolute Gasteiger partial charge is 0.478 e. The zero-order chi connectivity index (χ0) is 18.6. The first-order valence-electron chi connectivity index (χ1n) is 7.12. The van der Waals surface area contributed by atoms with E-state index < -0.39 is 29.2 Å². The summed E-state index contributed by atoms with van der Waals surface area (Å²) in [5.41, 5.74) is -1.16. The van der Waals surface area contributed by atoms with Gasteiger partial charge in [0.25, 0.3) is 0 Å². The van der Waals surface area contributed by atoms with Gasteiger partial charge in [-0.3, -0.25) is 0 Å². The number of hydrogen-bond donors (Lipinski definition) is 1. The fourth-order valence-corrected chi connectivity index (χ4v) is 2.92. The number of rotatable bonds is 5. The number of benzene rings is 2. The molecule has 0 heterocycles. The minimum absolute atomic E-state index is 0.124. The number of carboxylic acid groups (broad SMARTS) is 1. The Morgan fingerprint density at radius 1 is 1.08 bits per heavy atom. The highest BCUT2D eigenvalue weighted by molar-refractivity contribution is 7.99. The Bertz CT molecular complexity index is 785. The quantitative estimate of drug-likeness (QED) is 0.771. The normalized spacial score (nSPS) is 11.2. The number of ether oxygens (including phenoxy) is 1. The Kier molecular flexibility index (Phi) is 5.73. The maximum atomic E-state index is 13.2. The molecule has 0 atom stereocenters. The lowest BCUT2D eigenvalue weighted by molar-refractivity contribution is -0.139. The summed E-state index contributed by atoms with van der Waals surface area (Å²) >= 11 is 0.830. The Balaban J connectivity index is 2.30. The Labute approximate surface area is 145 Å². The highest BCUT2D eigenvalue weighted by Gasteiger charge is 2.34. The molecule has 0 spiro atoms. The van der Waals surface area contributed by atoms with E-state index in [1.54, 1.807) is 6.92 Å². The lowest BCUT2D eigenvalue weighted by atomic mass is 10.1. The molecule has 0 aliphatic rings. The van der Waals surface area contributed by atoms with E-state index in [-0.39, 0.29) is 11.5 Å². The van der Waals surface area contributed by atoms with Crippen molar-refractivity contribution in [1.29, 1.82) is 0 Å². The molecule has 0 aliphatic carbocycles. The maximum absolute atomic E-state index is 13.2. The third-order valence-corrected chi connectivity index (χ3v) is 4.21. The first-order valence-corrected chi connectivity index (χ1v) is 7.93. The van der Waals surface area contributed by atoms with Crippen molar-refractivity contribution in [1.82, 2.24) is 0 Å². The van der Waals surface area contributed by atoms with Crippen LogP contribution in [0.25, 0.3) is 0 Å². The van der Waals surface area contributed by atoms with Gasteiger partial charge in [-0.25, -0.2) is 9.59 Å². The summed E-state index contributed by atoms with van der Waals surface area (Å²) in [6.45, 7) is 1.89. The first kappa shape index (κ1) is 18.9. The van der Waals surface area contributed by atoms with E-state index in [9.17, 15) is 22.8 Å². The molecule has 1 N–H and O–H groups in total. The van der Waals surface area contributed by atoms with Gasteiger partial charge >= 0.3 is 18.1 Å². The molecule has 2 aromatic carbocycles. The Hall–Kier alpha value is -2.48. The Morgan fingerprint density at radius 3 is 2.20 bits per heavy atom. The molecular weight excluding hydrogens is 357 g/mol. The fourth-order valence-electron chi connectivity index (χ4n) is 1.97. The van der Waals surface area contributed by atoms with Crippen molar-refractivity contribution < 1.29 is 32.6 Å². The Morgan fingerprint density at radius 2 is 1.68 bits per heavy atom. The van der Waals surface area contributed by atoms with Crippen molar-refractivity contribution in [2.45, 2.75) is 22.9 Å². The number of esters is 1. The maximum Gasteiger partial charge on any atom is 0.417 e. The summed E-state index contributed by atoms with van der Waals surface area (Å²) in [6.07, 6.45) is -4.68. The van der Waals surface area contributed by atoms with Crippen molar-refractivity contribution in [3.8, 4) is 0 Å². The summed E-state index contributed by atoms with van der Waals surface area (Å²) in [4.78, 5) is 22.8. The monoisotopic (exact) mass is 370 g/mol. The SMILES string of the molecule is CCOC(=O)c1ccc(Sc2ccc(C(=O)O)cc2C(F)(F)F)cc1. The van der Waals surface area contributed by atoms with Crippen LogP contribution in [-0.4, -0.2) is 23.7 Å². The van der Waals surface area contributed by atoms with E-state index in [0.717, 1.165) is 23.9 Å². The summed E-state index contributed by atoms with van der Waals surface area (Å²) in [6, 6.07) is 8.77. The second-order valence-electron chi connectivity index (χ2n) is 4.86. The molecule has 0 fully saturated rings. The summed E-state index contributed by atoms with van der Waals surface area (Å²) < 4.78 is 44.4. The molecule has 8 heteroatoms. The van der Waals surface area contributed by atoms with Crippen LogP contribution in [0.15, 0.2) is 52.3 Å². The van der Waals surface area contributed by atoms with Crippen LogP contribution in [-0.2, 0) is 10.9 Å². The number of carbonyl (C=O) groups excluding carboxylic acids is 1. The predicted molar refractivity (Wildman–Crippen MR) is 84.9 cm³/mol. The minimum atomic E-state index is -4.68. The second-order valence-corrected chi connectivity index (χ2v) is 5.98. The van der Waals surface area contributed by atoms with Gasteiger partial charge in [0.2, 0.25) is 0 Å². The molecule has 132 valence electrons. The zero-order valence-corrected chi connectivity index (χ0v) is 13.8. The van der Waals surface area contributed by atoms with Crippen LogP contribution in [0.1, 0.15) is 33.2 Å². The topological polar surface area (TPSA) is 63.6 Å². The van der Waals surface area contributed by atoms with Crippen molar-refractivity contribution in [3.63, 3.8) is 0 Å². The smallest absolute Gasteiger partial charge is 0.417 e. The van der Waals surface area contributed by atoms with E-state index in [0.29, 0.717) is 16.5 Å². The van der Waals surface area contributed by atoms with Gasteiger partial charge in [-0.1, -0.05) is 11.8 Å². The molecule has 2 aromatic rings. The lowest BCUT2D eigenvalue weighted by Crippen LogP contribution is -2.09. The average molecular weight is 370 g/mol. The summed E-state index contributed by atoms with van der Waals surface area (Å²) in [5, 5.41) is 8.86. The van der Waals surface area contributed by atoms with E-state index in [4.69, 9.17) is 9.84 Å². The molecule has 0 saturated heterocycles. The lowest BCUT2D eigenvalue weighted by Gasteiger charge is -2.13. The van der Waals surface area contributed by atoms with Crippen molar-refractivity contribution in [3.05, 3.63) is 59.2 Å². The van der Waals surface area contributed by atoms with Crippen molar-refractivity contribution in [2.75, 3.05) is 6.61 Å². The summed E-state index contributed by atoms with van der Waals surface area (Å²) in [7, 11) is 0. The highest BCUT2D eigenvalue weighted by atomic mass is 32.2. The molecule has 0 aliphatic heterocycles. The number of halogens is 3. The molecule has 25 heavy (non-hydrogen) atoms. The van der Waals surface area contributed by atoms with Crippen LogP contribution >= 0.6 is 11.8 Å². The highest BCUT2D eigenvalue weighted by Crippen LogP contribution is 2.40. The number of alkyl halides is 3. The third-order valence-electron chi connectivity index (χ3n) is 3.13. The molecule has 0 amide bonds. The predicted octanol–water partition coefficient (Wildman–Crippen LogP) is 4.73. The fraction of sp³-hybridized carbons (Fsp3) is 0.176. The van der Waals surface area contributed by atoms with Crippen LogP contribution in [0.4, 0.5) is 13.2 Å². The molecule has 0 saturated carbocycles. The first-order chi connectivity index (χ1) is 11.7. The van der Waals surface area contributed by atoms with Gasteiger partial charge in [0, 0.05) is 9.79 Å². The van der Waals surface area contributed by atoms with Gasteiger partial charge < -0.3 is 9.84 Å². The van der Waals surface area contributed by atoms with Gasteiger partial charge in [-0.15, -0.1) is 0 Å². The molecule has 2 rings (SSSR count). The van der Waals surface area contributed by atoms with Crippen LogP contribution in [0.3, 0.4) is 0 Å². The van der Waals surface area contributed by atoms with Crippen LogP contribution in [0, 0.1) is 0 Å². The minimum Gasteiger partial charge on any atom is -0.478 e.